The molecule has 2 fully saturated rings. The summed E-state index contributed by atoms with van der Waals surface area (Å²) in [6, 6.07) is 12.0. The summed E-state index contributed by atoms with van der Waals surface area (Å²) in [7, 11) is 1.53. The van der Waals surface area contributed by atoms with Gasteiger partial charge in [0.05, 0.1) is 36.2 Å². The van der Waals surface area contributed by atoms with E-state index < -0.39 is 11.9 Å². The maximum absolute atomic E-state index is 13.1. The standard InChI is InChI=1S/C28H28N2O6/c1-16-8-10-20-21(12-16)27(33)30(26(20)32)22-11-9-19(13-17(22)2)36-28(34)18-14-25(31)29(15-18)23-6-4-5-7-24(23)35-3/h4-9,11,13,18,20-21H,10,12,14-15H2,1-3H3/t18-,20-,21+/m1/s1. The number of amides is 3. The van der Waals surface area contributed by atoms with Crippen LogP contribution < -0.4 is 19.3 Å². The van der Waals surface area contributed by atoms with Crippen LogP contribution in [0.5, 0.6) is 11.5 Å². The molecule has 2 aliphatic heterocycles. The molecule has 3 aliphatic rings. The molecular weight excluding hydrogens is 460 g/mol. The highest BCUT2D eigenvalue weighted by atomic mass is 16.5. The van der Waals surface area contributed by atoms with E-state index in [9.17, 15) is 19.2 Å². The number of rotatable bonds is 5. The lowest BCUT2D eigenvalue weighted by Crippen LogP contribution is -2.31. The normalized spacial score (nSPS) is 23.6. The summed E-state index contributed by atoms with van der Waals surface area (Å²) in [5.41, 5.74) is 2.91. The van der Waals surface area contributed by atoms with Gasteiger partial charge in [0, 0.05) is 13.0 Å². The van der Waals surface area contributed by atoms with Crippen LogP contribution in [0.3, 0.4) is 0 Å². The molecule has 2 heterocycles. The second-order valence-corrected chi connectivity index (χ2v) is 9.66. The number of methoxy groups -OCH3 is 1. The van der Waals surface area contributed by atoms with Crippen molar-refractivity contribution >= 4 is 35.1 Å². The molecule has 3 amide bonds. The van der Waals surface area contributed by atoms with Crippen LogP contribution in [0, 0.1) is 24.7 Å². The minimum absolute atomic E-state index is 0.0426. The number of aryl methyl sites for hydroxylation is 1. The van der Waals surface area contributed by atoms with E-state index in [4.69, 9.17) is 9.47 Å². The maximum Gasteiger partial charge on any atom is 0.316 e. The summed E-state index contributed by atoms with van der Waals surface area (Å²) in [4.78, 5) is 54.4. The molecule has 8 heteroatoms. The fourth-order valence-corrected chi connectivity index (χ4v) is 5.37. The van der Waals surface area contributed by atoms with Crippen LogP contribution in [0.2, 0.25) is 0 Å². The van der Waals surface area contributed by atoms with E-state index in [1.54, 1.807) is 42.2 Å². The fourth-order valence-electron chi connectivity index (χ4n) is 5.37. The molecule has 1 aliphatic carbocycles. The number of hydrogen-bond acceptors (Lipinski definition) is 6. The van der Waals surface area contributed by atoms with Gasteiger partial charge in [-0.1, -0.05) is 23.8 Å². The average molecular weight is 489 g/mol. The number of imide groups is 1. The Labute approximate surface area is 209 Å². The Morgan fingerprint density at radius 1 is 0.944 bits per heavy atom. The molecule has 5 rings (SSSR count). The van der Waals surface area contributed by atoms with E-state index in [2.05, 4.69) is 0 Å². The predicted molar refractivity (Wildman–Crippen MR) is 133 cm³/mol. The number of nitrogens with zero attached hydrogens (tertiary/aromatic N) is 2. The third kappa shape index (κ3) is 4.06. The summed E-state index contributed by atoms with van der Waals surface area (Å²) in [6.07, 6.45) is 3.26. The molecule has 0 bridgehead atoms. The van der Waals surface area contributed by atoms with Crippen LogP contribution in [0.25, 0.3) is 0 Å². The van der Waals surface area contributed by atoms with Crippen molar-refractivity contribution in [3.8, 4) is 11.5 Å². The zero-order valence-corrected chi connectivity index (χ0v) is 20.5. The van der Waals surface area contributed by atoms with E-state index in [0.717, 1.165) is 5.57 Å². The van der Waals surface area contributed by atoms with E-state index in [-0.39, 0.29) is 42.5 Å². The minimum atomic E-state index is -0.622. The maximum atomic E-state index is 13.1. The first-order chi connectivity index (χ1) is 17.3. The fraction of sp³-hybridized carbons (Fsp3) is 0.357. The Balaban J connectivity index is 1.29. The highest BCUT2D eigenvalue weighted by Gasteiger charge is 2.49. The van der Waals surface area contributed by atoms with E-state index in [0.29, 0.717) is 41.3 Å². The quantitative estimate of drug-likeness (QED) is 0.275. The Bertz CT molecular complexity index is 1300. The average Bonchev–Trinajstić information content (AvgIpc) is 3.36. The van der Waals surface area contributed by atoms with Gasteiger partial charge in [-0.3, -0.25) is 19.2 Å². The topological polar surface area (TPSA) is 93.2 Å². The lowest BCUT2D eigenvalue weighted by Gasteiger charge is -2.19. The number of carbonyl (C=O) groups excluding carboxylic acids is 4. The van der Waals surface area contributed by atoms with E-state index in [1.165, 1.54) is 12.0 Å². The van der Waals surface area contributed by atoms with Gasteiger partial charge in [-0.2, -0.15) is 0 Å². The number of hydrogen-bond donors (Lipinski definition) is 0. The van der Waals surface area contributed by atoms with Gasteiger partial charge in [0.15, 0.2) is 0 Å². The molecule has 0 aromatic heterocycles. The summed E-state index contributed by atoms with van der Waals surface area (Å²) < 4.78 is 11.0. The molecule has 36 heavy (non-hydrogen) atoms. The lowest BCUT2D eigenvalue weighted by molar-refractivity contribution is -0.139. The zero-order valence-electron chi connectivity index (χ0n) is 20.5. The molecule has 2 aromatic rings. The Morgan fingerprint density at radius 2 is 1.69 bits per heavy atom. The molecule has 8 nitrogen and oxygen atoms in total. The molecule has 0 spiro atoms. The van der Waals surface area contributed by atoms with Crippen LogP contribution in [0.15, 0.2) is 54.1 Å². The number of ether oxygens (including phenoxy) is 2. The monoisotopic (exact) mass is 488 g/mol. The molecule has 3 atom stereocenters. The largest absolute Gasteiger partial charge is 0.495 e. The van der Waals surface area contributed by atoms with Crippen molar-refractivity contribution in [3.63, 3.8) is 0 Å². The van der Waals surface area contributed by atoms with E-state index >= 15 is 0 Å². The van der Waals surface area contributed by atoms with Gasteiger partial charge in [0.1, 0.15) is 11.5 Å². The van der Waals surface area contributed by atoms with Gasteiger partial charge >= 0.3 is 5.97 Å². The van der Waals surface area contributed by atoms with Gasteiger partial charge in [-0.05, 0) is 62.6 Å². The van der Waals surface area contributed by atoms with Crippen molar-refractivity contribution in [2.45, 2.75) is 33.1 Å². The number of anilines is 2. The number of carbonyl (C=O) groups is 4. The molecule has 2 saturated heterocycles. The molecular formula is C28H28N2O6. The smallest absolute Gasteiger partial charge is 0.316 e. The number of para-hydroxylation sites is 2. The van der Waals surface area contributed by atoms with Crippen molar-refractivity contribution in [1.82, 2.24) is 0 Å². The first-order valence-electron chi connectivity index (χ1n) is 12.1. The molecule has 0 N–H and O–H groups in total. The van der Waals surface area contributed by atoms with Gasteiger partial charge in [0.2, 0.25) is 17.7 Å². The van der Waals surface area contributed by atoms with Crippen LogP contribution in [0.1, 0.15) is 31.7 Å². The van der Waals surface area contributed by atoms with Crippen LogP contribution in [0.4, 0.5) is 11.4 Å². The van der Waals surface area contributed by atoms with Gasteiger partial charge < -0.3 is 14.4 Å². The van der Waals surface area contributed by atoms with Crippen molar-refractivity contribution in [2.24, 2.45) is 17.8 Å². The zero-order chi connectivity index (χ0) is 25.6. The second kappa shape index (κ2) is 9.26. The molecule has 0 radical (unpaired) electrons. The third-order valence-corrected chi connectivity index (χ3v) is 7.28. The molecule has 0 unspecified atom stereocenters. The van der Waals surface area contributed by atoms with Crippen LogP contribution >= 0.6 is 0 Å². The summed E-state index contributed by atoms with van der Waals surface area (Å²) in [6.45, 7) is 3.96. The Morgan fingerprint density at radius 3 is 2.44 bits per heavy atom. The van der Waals surface area contributed by atoms with Gasteiger partial charge in [0.25, 0.3) is 0 Å². The Hall–Kier alpha value is -3.94. The number of benzene rings is 2. The number of allylic oxidation sites excluding steroid dienone is 2. The summed E-state index contributed by atoms with van der Waals surface area (Å²) in [5.74, 6) is -1.42. The summed E-state index contributed by atoms with van der Waals surface area (Å²) >= 11 is 0. The third-order valence-electron chi connectivity index (χ3n) is 7.28. The minimum Gasteiger partial charge on any atom is -0.495 e. The van der Waals surface area contributed by atoms with Gasteiger partial charge in [-0.25, -0.2) is 4.90 Å². The van der Waals surface area contributed by atoms with Crippen LogP contribution in [-0.4, -0.2) is 37.3 Å². The predicted octanol–water partition coefficient (Wildman–Crippen LogP) is 3.81. The molecule has 2 aromatic carbocycles. The van der Waals surface area contributed by atoms with Crippen molar-refractivity contribution in [2.75, 3.05) is 23.5 Å². The van der Waals surface area contributed by atoms with Gasteiger partial charge in [-0.15, -0.1) is 0 Å². The first-order valence-corrected chi connectivity index (χ1v) is 12.1. The van der Waals surface area contributed by atoms with E-state index in [1.807, 2.05) is 25.1 Å². The lowest BCUT2D eigenvalue weighted by atomic mass is 9.82. The second-order valence-electron chi connectivity index (χ2n) is 9.66. The summed E-state index contributed by atoms with van der Waals surface area (Å²) in [5, 5.41) is 0. The van der Waals surface area contributed by atoms with Crippen molar-refractivity contribution < 1.29 is 28.7 Å². The number of fused-ring (bicyclic) bond motifs is 1. The van der Waals surface area contributed by atoms with Crippen molar-refractivity contribution in [3.05, 3.63) is 59.7 Å². The van der Waals surface area contributed by atoms with Crippen LogP contribution in [-0.2, 0) is 19.2 Å². The highest BCUT2D eigenvalue weighted by molar-refractivity contribution is 6.22. The number of esters is 1. The first kappa shape index (κ1) is 23.8. The molecule has 186 valence electrons. The Kier molecular flexibility index (Phi) is 6.12. The SMILES string of the molecule is COc1ccccc1N1C[C@H](C(=O)Oc2ccc(N3C(=O)[C@H]4CC(C)=CC[C@H]4C3=O)c(C)c2)CC1=O. The highest BCUT2D eigenvalue weighted by Crippen LogP contribution is 2.41. The van der Waals surface area contributed by atoms with Crippen molar-refractivity contribution in [1.29, 1.82) is 0 Å². The molecule has 0 saturated carbocycles.